The summed E-state index contributed by atoms with van der Waals surface area (Å²) >= 11 is 0. The molecule has 1 aromatic heterocycles. The molecule has 9 heteroatoms. The van der Waals surface area contributed by atoms with Crippen LogP contribution in [-0.4, -0.2) is 25.3 Å². The number of sulfonamides is 1. The zero-order valence-corrected chi connectivity index (χ0v) is 14.8. The fourth-order valence-corrected chi connectivity index (χ4v) is 3.12. The van der Waals surface area contributed by atoms with E-state index in [4.69, 9.17) is 6.57 Å². The first kappa shape index (κ1) is 19.9. The van der Waals surface area contributed by atoms with Gasteiger partial charge in [-0.15, -0.1) is 0 Å². The molecule has 0 aliphatic heterocycles. The Hall–Kier alpha value is -2.44. The second-order valence-corrected chi connectivity index (χ2v) is 7.66. The van der Waals surface area contributed by atoms with Gasteiger partial charge in [0.05, 0.1) is 12.3 Å². The molecule has 0 aliphatic carbocycles. The van der Waals surface area contributed by atoms with Gasteiger partial charge in [0.15, 0.2) is 5.69 Å². The van der Waals surface area contributed by atoms with E-state index < -0.39 is 28.0 Å². The zero-order chi connectivity index (χ0) is 19.5. The van der Waals surface area contributed by atoms with Gasteiger partial charge in [0.2, 0.25) is 10.0 Å². The number of benzene rings is 1. The number of hydrogen-bond donors (Lipinski definition) is 1. The minimum Gasteiger partial charge on any atom is -0.264 e. The molecule has 2 aromatic rings. The third-order valence-corrected chi connectivity index (χ3v) is 5.10. The number of aryl methyl sites for hydroxylation is 1. The number of nitrogens with one attached hydrogen (secondary N) is 1. The Bertz CT molecular complexity index is 950. The van der Waals surface area contributed by atoms with Gasteiger partial charge in [-0.2, -0.15) is 17.9 Å². The first-order chi connectivity index (χ1) is 12.1. The van der Waals surface area contributed by atoms with E-state index in [0.717, 1.165) is 6.20 Å². The summed E-state index contributed by atoms with van der Waals surface area (Å²) in [7, 11) is -4.07. The second kappa shape index (κ2) is 7.43. The molecule has 1 atom stereocenters. The predicted molar refractivity (Wildman–Crippen MR) is 92.1 cm³/mol. The zero-order valence-electron chi connectivity index (χ0n) is 14.0. The normalized spacial score (nSPS) is 13.2. The molecule has 0 bridgehead atoms. The molecule has 138 valence electrons. The van der Waals surface area contributed by atoms with E-state index in [1.165, 1.54) is 19.2 Å². The van der Waals surface area contributed by atoms with E-state index in [2.05, 4.69) is 9.83 Å². The van der Waals surface area contributed by atoms with Crippen LogP contribution in [0.2, 0.25) is 0 Å². The topological polar surface area (TPSA) is 63.4 Å². The quantitative estimate of drug-likeness (QED) is 0.789. The summed E-state index contributed by atoms with van der Waals surface area (Å²) in [6, 6.07) is 3.72. The lowest BCUT2D eigenvalue weighted by molar-refractivity contribution is -0.153. The molecule has 0 saturated heterocycles. The molecule has 2 rings (SSSR count). The van der Waals surface area contributed by atoms with Crippen molar-refractivity contribution in [3.63, 3.8) is 0 Å². The van der Waals surface area contributed by atoms with Crippen molar-refractivity contribution in [1.82, 2.24) is 9.71 Å². The van der Waals surface area contributed by atoms with Gasteiger partial charge >= 0.3 is 6.18 Å². The fourth-order valence-electron chi connectivity index (χ4n) is 2.32. The third-order valence-electron chi connectivity index (χ3n) is 3.75. The second-order valence-electron chi connectivity index (χ2n) is 5.62. The van der Waals surface area contributed by atoms with Crippen molar-refractivity contribution in [2.24, 2.45) is 0 Å². The summed E-state index contributed by atoms with van der Waals surface area (Å²) in [6.07, 6.45) is -2.44. The van der Waals surface area contributed by atoms with Crippen LogP contribution < -0.4 is 4.72 Å². The molecule has 26 heavy (non-hydrogen) atoms. The minimum atomic E-state index is -4.81. The molecule has 1 aromatic carbocycles. The molecule has 1 heterocycles. The van der Waals surface area contributed by atoms with Crippen LogP contribution in [0, 0.1) is 13.5 Å². The van der Waals surface area contributed by atoms with Crippen molar-refractivity contribution in [1.29, 1.82) is 0 Å². The largest absolute Gasteiger partial charge is 0.408 e. The molecule has 0 radical (unpaired) electrons. The Labute approximate surface area is 149 Å². The van der Waals surface area contributed by atoms with Crippen molar-refractivity contribution < 1.29 is 21.6 Å². The Balaban J connectivity index is 2.49. The molecule has 1 unspecified atom stereocenters. The van der Waals surface area contributed by atoms with Crippen LogP contribution in [0.3, 0.4) is 0 Å². The minimum absolute atomic E-state index is 0.307. The smallest absolute Gasteiger partial charge is 0.264 e. The number of aromatic nitrogens is 1. The van der Waals surface area contributed by atoms with Crippen molar-refractivity contribution in [2.45, 2.75) is 26.1 Å². The molecule has 1 N–H and O–H groups in total. The van der Waals surface area contributed by atoms with E-state index in [-0.39, 0.29) is 5.56 Å². The van der Waals surface area contributed by atoms with Crippen LogP contribution in [0.15, 0.2) is 36.7 Å². The van der Waals surface area contributed by atoms with Gasteiger partial charge in [-0.25, -0.2) is 13.3 Å². The van der Waals surface area contributed by atoms with Crippen LogP contribution >= 0.6 is 0 Å². The molecule has 5 nitrogen and oxygen atoms in total. The average molecular weight is 383 g/mol. The molecule has 0 fully saturated rings. The Morgan fingerprint density at radius 2 is 1.92 bits per heavy atom. The van der Waals surface area contributed by atoms with E-state index in [1.807, 2.05) is 0 Å². The lowest BCUT2D eigenvalue weighted by atomic mass is 10.0. The van der Waals surface area contributed by atoms with Gasteiger partial charge in [-0.3, -0.25) is 4.98 Å². The standard InChI is InChI=1S/C17H16F3N3O2S/c1-4-26(24,25)23-16(17(18,19)20)14-8-13(9-22-10-14)12-5-6-15(21-3)11(2)7-12/h5-10,16,23H,4H2,1-2H3. The highest BCUT2D eigenvalue weighted by molar-refractivity contribution is 7.89. The number of nitrogens with zero attached hydrogens (tertiary/aromatic N) is 2. The number of halogens is 3. The van der Waals surface area contributed by atoms with Gasteiger partial charge in [0, 0.05) is 18.0 Å². The van der Waals surface area contributed by atoms with Gasteiger partial charge in [-0.1, -0.05) is 18.2 Å². The summed E-state index contributed by atoms with van der Waals surface area (Å²) in [6.45, 7) is 10.0. The van der Waals surface area contributed by atoms with Crippen molar-refractivity contribution in [2.75, 3.05) is 5.75 Å². The summed E-state index contributed by atoms with van der Waals surface area (Å²) in [5.74, 6) is -0.468. The highest BCUT2D eigenvalue weighted by Gasteiger charge is 2.43. The monoisotopic (exact) mass is 383 g/mol. The van der Waals surface area contributed by atoms with Crippen molar-refractivity contribution in [3.05, 3.63) is 59.2 Å². The molecule has 0 spiro atoms. The van der Waals surface area contributed by atoms with Crippen molar-refractivity contribution in [3.8, 4) is 11.1 Å². The van der Waals surface area contributed by atoms with Gasteiger partial charge in [0.1, 0.15) is 6.04 Å². The Morgan fingerprint density at radius 3 is 2.46 bits per heavy atom. The fraction of sp³-hybridized carbons (Fsp3) is 0.294. The van der Waals surface area contributed by atoms with Crippen LogP contribution in [0.5, 0.6) is 0 Å². The van der Waals surface area contributed by atoms with Crippen LogP contribution in [0.4, 0.5) is 18.9 Å². The van der Waals surface area contributed by atoms with Crippen LogP contribution in [0.1, 0.15) is 24.1 Å². The van der Waals surface area contributed by atoms with E-state index in [1.54, 1.807) is 29.8 Å². The molecular weight excluding hydrogens is 367 g/mol. The molecule has 0 saturated carbocycles. The molecule has 0 aliphatic rings. The summed E-state index contributed by atoms with van der Waals surface area (Å²) in [4.78, 5) is 7.17. The van der Waals surface area contributed by atoms with Crippen LogP contribution in [0.25, 0.3) is 16.0 Å². The Morgan fingerprint density at radius 1 is 1.23 bits per heavy atom. The number of hydrogen-bond acceptors (Lipinski definition) is 3. The number of alkyl halides is 3. The maximum atomic E-state index is 13.4. The third kappa shape index (κ3) is 4.59. The van der Waals surface area contributed by atoms with Gasteiger partial charge in [-0.05, 0) is 36.6 Å². The SMILES string of the molecule is [C-]#[N+]c1ccc(-c2cncc(C(NS(=O)(=O)CC)C(F)(F)F)c2)cc1C. The molecule has 0 amide bonds. The van der Waals surface area contributed by atoms with Gasteiger partial charge < -0.3 is 0 Å². The first-order valence-corrected chi connectivity index (χ1v) is 9.22. The maximum absolute atomic E-state index is 13.4. The lowest BCUT2D eigenvalue weighted by Gasteiger charge is -2.22. The highest BCUT2D eigenvalue weighted by atomic mass is 32.2. The van der Waals surface area contributed by atoms with E-state index in [9.17, 15) is 21.6 Å². The molecular formula is C17H16F3N3O2S. The van der Waals surface area contributed by atoms with E-state index in [0.29, 0.717) is 22.4 Å². The van der Waals surface area contributed by atoms with Gasteiger partial charge in [0.25, 0.3) is 0 Å². The maximum Gasteiger partial charge on any atom is 0.408 e. The lowest BCUT2D eigenvalue weighted by Crippen LogP contribution is -2.38. The number of rotatable bonds is 5. The summed E-state index contributed by atoms with van der Waals surface area (Å²) in [5.41, 5.74) is 1.80. The predicted octanol–water partition coefficient (Wildman–Crippen LogP) is 4.15. The highest BCUT2D eigenvalue weighted by Crippen LogP contribution is 2.35. The first-order valence-electron chi connectivity index (χ1n) is 7.57. The van der Waals surface area contributed by atoms with Crippen LogP contribution in [-0.2, 0) is 10.0 Å². The number of pyridine rings is 1. The summed E-state index contributed by atoms with van der Waals surface area (Å²) in [5, 5.41) is 0. The van der Waals surface area contributed by atoms with E-state index >= 15 is 0 Å². The Kier molecular flexibility index (Phi) is 5.68. The summed E-state index contributed by atoms with van der Waals surface area (Å²) < 4.78 is 65.1. The van der Waals surface area contributed by atoms with Crippen molar-refractivity contribution >= 4 is 15.7 Å². The average Bonchev–Trinajstić information content (AvgIpc) is 2.59.